The predicted molar refractivity (Wildman–Crippen MR) is 42.5 cm³/mol. The van der Waals surface area contributed by atoms with Crippen molar-refractivity contribution in [3.8, 4) is 0 Å². The summed E-state index contributed by atoms with van der Waals surface area (Å²) in [6.07, 6.45) is 1.72. The van der Waals surface area contributed by atoms with E-state index in [0.717, 1.165) is 5.56 Å². The van der Waals surface area contributed by atoms with E-state index in [1.807, 2.05) is 12.1 Å². The van der Waals surface area contributed by atoms with Crippen molar-refractivity contribution in [2.24, 2.45) is 0 Å². The molecular weight excluding hydrogens is 124 g/mol. The second kappa shape index (κ2) is 3.16. The lowest BCUT2D eigenvalue weighted by molar-refractivity contribution is -0.217. The molecule has 0 saturated heterocycles. The van der Waals surface area contributed by atoms with E-state index in [-0.39, 0.29) is 0 Å². The smallest absolute Gasteiger partial charge is 0.265 e. The SMILES string of the molecule is C[O+]=Cc1ccc(C)cc1. The van der Waals surface area contributed by atoms with Crippen molar-refractivity contribution in [1.29, 1.82) is 0 Å². The van der Waals surface area contributed by atoms with Gasteiger partial charge in [-0.25, -0.2) is 0 Å². The first-order valence-electron chi connectivity index (χ1n) is 3.25. The first-order valence-corrected chi connectivity index (χ1v) is 3.25. The van der Waals surface area contributed by atoms with Gasteiger partial charge in [0.1, 0.15) is 0 Å². The van der Waals surface area contributed by atoms with Crippen LogP contribution in [0.5, 0.6) is 0 Å². The number of hydrogen-bond donors (Lipinski definition) is 0. The quantitative estimate of drug-likeness (QED) is 0.412. The van der Waals surface area contributed by atoms with E-state index < -0.39 is 0 Å². The largest absolute Gasteiger partial charge is 0.315 e. The molecule has 0 heterocycles. The molecule has 1 aromatic rings. The summed E-state index contributed by atoms with van der Waals surface area (Å²) in [6, 6.07) is 8.17. The van der Waals surface area contributed by atoms with Gasteiger partial charge in [-0.3, -0.25) is 4.42 Å². The molecule has 0 unspecified atom stereocenters. The Morgan fingerprint density at radius 2 is 1.80 bits per heavy atom. The third-order valence-electron chi connectivity index (χ3n) is 1.33. The zero-order valence-electron chi connectivity index (χ0n) is 6.29. The third-order valence-corrected chi connectivity index (χ3v) is 1.33. The molecule has 0 N–H and O–H groups in total. The molecule has 1 aromatic carbocycles. The number of rotatable bonds is 1. The van der Waals surface area contributed by atoms with Crippen LogP contribution in [0.3, 0.4) is 0 Å². The maximum atomic E-state index is 4.84. The summed E-state index contributed by atoms with van der Waals surface area (Å²) < 4.78 is 4.84. The van der Waals surface area contributed by atoms with Crippen LogP contribution >= 0.6 is 0 Å². The summed E-state index contributed by atoms with van der Waals surface area (Å²) >= 11 is 0. The minimum absolute atomic E-state index is 1.10. The van der Waals surface area contributed by atoms with Crippen LogP contribution in [0.1, 0.15) is 15.6 Å². The van der Waals surface area contributed by atoms with Crippen molar-refractivity contribution in [2.75, 3.05) is 7.11 Å². The van der Waals surface area contributed by atoms with Gasteiger partial charge in [0, 0.05) is 0 Å². The molecule has 0 radical (unpaired) electrons. The molecular formula is C9H11O+. The van der Waals surface area contributed by atoms with E-state index >= 15 is 0 Å². The van der Waals surface area contributed by atoms with Crippen LogP contribution in [0.25, 0.3) is 0 Å². The summed E-state index contributed by atoms with van der Waals surface area (Å²) in [7, 11) is 1.65. The Balaban J connectivity index is 2.89. The van der Waals surface area contributed by atoms with Crippen LogP contribution in [0.4, 0.5) is 0 Å². The van der Waals surface area contributed by atoms with Crippen molar-refractivity contribution >= 4 is 6.29 Å². The second-order valence-electron chi connectivity index (χ2n) is 2.26. The average Bonchev–Trinajstić information content (AvgIpc) is 1.95. The van der Waals surface area contributed by atoms with Crippen molar-refractivity contribution in [3.05, 3.63) is 35.4 Å². The van der Waals surface area contributed by atoms with Crippen LogP contribution in [0.15, 0.2) is 24.3 Å². The Bertz CT molecular complexity index is 221. The summed E-state index contributed by atoms with van der Waals surface area (Å²) in [5, 5.41) is 0. The molecule has 0 aliphatic carbocycles. The molecule has 1 rings (SSSR count). The van der Waals surface area contributed by atoms with Gasteiger partial charge in [-0.2, -0.15) is 0 Å². The lowest BCUT2D eigenvalue weighted by Crippen LogP contribution is -1.79. The van der Waals surface area contributed by atoms with Crippen LogP contribution < -0.4 is 0 Å². The summed E-state index contributed by atoms with van der Waals surface area (Å²) in [4.78, 5) is 0. The maximum Gasteiger partial charge on any atom is 0.315 e. The molecule has 0 aromatic heterocycles. The number of carbonyl (C=O) groups excluding carboxylic acids is 1. The van der Waals surface area contributed by atoms with Crippen LogP contribution in [0.2, 0.25) is 0 Å². The van der Waals surface area contributed by atoms with E-state index in [4.69, 9.17) is 4.42 Å². The van der Waals surface area contributed by atoms with E-state index in [0.29, 0.717) is 0 Å². The van der Waals surface area contributed by atoms with Gasteiger partial charge in [0.25, 0.3) is 7.11 Å². The molecule has 0 saturated carbocycles. The van der Waals surface area contributed by atoms with Gasteiger partial charge in [-0.1, -0.05) is 17.7 Å². The number of aldehydes is 1. The highest BCUT2D eigenvalue weighted by Gasteiger charge is 1.90. The van der Waals surface area contributed by atoms with Gasteiger partial charge in [-0.15, -0.1) is 0 Å². The molecule has 0 aliphatic heterocycles. The minimum Gasteiger partial charge on any atom is -0.265 e. The van der Waals surface area contributed by atoms with Crippen molar-refractivity contribution in [3.63, 3.8) is 0 Å². The lowest BCUT2D eigenvalue weighted by atomic mass is 10.2. The fourth-order valence-electron chi connectivity index (χ4n) is 0.781. The Morgan fingerprint density at radius 1 is 1.20 bits per heavy atom. The second-order valence-corrected chi connectivity index (χ2v) is 2.26. The zero-order valence-corrected chi connectivity index (χ0v) is 6.29. The molecule has 0 bridgehead atoms. The molecule has 0 amide bonds. The average molecular weight is 135 g/mol. The molecule has 0 atom stereocenters. The molecule has 10 heavy (non-hydrogen) atoms. The van der Waals surface area contributed by atoms with Gasteiger partial charge in [-0.05, 0) is 19.1 Å². The number of aryl methyl sites for hydroxylation is 1. The molecule has 1 heteroatoms. The molecule has 0 spiro atoms. The van der Waals surface area contributed by atoms with Crippen LogP contribution in [-0.4, -0.2) is 13.4 Å². The van der Waals surface area contributed by atoms with Gasteiger partial charge in [0.2, 0.25) is 0 Å². The first-order chi connectivity index (χ1) is 4.83. The highest BCUT2D eigenvalue weighted by Crippen LogP contribution is 1.99. The Hall–Kier alpha value is -1.11. The first kappa shape index (κ1) is 7.00. The fourth-order valence-corrected chi connectivity index (χ4v) is 0.781. The Labute approximate surface area is 61.0 Å². The zero-order chi connectivity index (χ0) is 7.40. The van der Waals surface area contributed by atoms with Crippen LogP contribution in [-0.2, 0) is 0 Å². The highest BCUT2D eigenvalue weighted by molar-refractivity contribution is 5.74. The van der Waals surface area contributed by atoms with E-state index in [2.05, 4.69) is 19.1 Å². The Kier molecular flexibility index (Phi) is 2.21. The molecule has 52 valence electrons. The van der Waals surface area contributed by atoms with Gasteiger partial charge in [0.15, 0.2) is 0 Å². The lowest BCUT2D eigenvalue weighted by Gasteiger charge is -1.87. The molecule has 1 nitrogen and oxygen atoms in total. The van der Waals surface area contributed by atoms with Crippen molar-refractivity contribution in [2.45, 2.75) is 6.92 Å². The van der Waals surface area contributed by atoms with Gasteiger partial charge >= 0.3 is 6.29 Å². The van der Waals surface area contributed by atoms with Gasteiger partial charge in [0.05, 0.1) is 5.56 Å². The summed E-state index contributed by atoms with van der Waals surface area (Å²) in [5.41, 5.74) is 2.38. The maximum absolute atomic E-state index is 4.84. The van der Waals surface area contributed by atoms with Crippen LogP contribution in [0, 0.1) is 6.92 Å². The normalized spacial score (nSPS) is 10.6. The third kappa shape index (κ3) is 1.69. The Morgan fingerprint density at radius 3 is 2.30 bits per heavy atom. The standard InChI is InChI=1S/C9H11O/c1-8-3-5-9(6-4-8)7-10-2/h3-7H,1-2H3/q+1. The molecule has 0 aliphatic rings. The monoisotopic (exact) mass is 135 g/mol. The van der Waals surface area contributed by atoms with E-state index in [9.17, 15) is 0 Å². The van der Waals surface area contributed by atoms with Gasteiger partial charge < -0.3 is 0 Å². The van der Waals surface area contributed by atoms with E-state index in [1.54, 1.807) is 13.4 Å². The number of hydrogen-bond acceptors (Lipinski definition) is 0. The minimum atomic E-state index is 1.10. The van der Waals surface area contributed by atoms with Crippen molar-refractivity contribution < 1.29 is 4.42 Å². The summed E-state index contributed by atoms with van der Waals surface area (Å²) in [5.74, 6) is 0. The predicted octanol–water partition coefficient (Wildman–Crippen LogP) is 1.97. The van der Waals surface area contributed by atoms with Crippen molar-refractivity contribution in [1.82, 2.24) is 0 Å². The molecule has 0 fully saturated rings. The summed E-state index contributed by atoms with van der Waals surface area (Å²) in [6.45, 7) is 2.07. The fraction of sp³-hybridized carbons (Fsp3) is 0.222. The highest BCUT2D eigenvalue weighted by atomic mass is 16.4. The van der Waals surface area contributed by atoms with E-state index in [1.165, 1.54) is 5.56 Å². The number of benzene rings is 1. The topological polar surface area (TPSA) is 11.3 Å².